The average molecular weight is 266 g/mol. The van der Waals surface area contributed by atoms with Crippen molar-refractivity contribution in [1.82, 2.24) is 0 Å². The zero-order valence-electron chi connectivity index (χ0n) is 10.7. The summed E-state index contributed by atoms with van der Waals surface area (Å²) in [6.07, 6.45) is -3.74. The van der Waals surface area contributed by atoms with Gasteiger partial charge in [-0.15, -0.1) is 0 Å². The fourth-order valence-electron chi connectivity index (χ4n) is 2.58. The number of aliphatic hydroxyl groups excluding tert-OH is 2. The molecule has 5 nitrogen and oxygen atoms in total. The molecule has 3 rings (SSSR count). The van der Waals surface area contributed by atoms with Gasteiger partial charge in [-0.25, -0.2) is 0 Å². The van der Waals surface area contributed by atoms with Gasteiger partial charge in [0.05, 0.1) is 12.7 Å². The maximum Gasteiger partial charge on any atom is 0.184 e. The molecule has 2 heterocycles. The molecule has 0 spiro atoms. The smallest absolute Gasteiger partial charge is 0.184 e. The van der Waals surface area contributed by atoms with Crippen LogP contribution in [0.25, 0.3) is 0 Å². The number of fused-ring (bicyclic) bond motifs is 1. The van der Waals surface area contributed by atoms with Crippen molar-refractivity contribution in [2.75, 3.05) is 6.61 Å². The molecule has 1 aromatic carbocycles. The summed E-state index contributed by atoms with van der Waals surface area (Å²) in [5, 5.41) is 19.9. The third-order valence-electron chi connectivity index (χ3n) is 3.69. The highest BCUT2D eigenvalue weighted by atomic mass is 16.7. The summed E-state index contributed by atoms with van der Waals surface area (Å²) in [6.45, 7) is 2.08. The Bertz CT molecular complexity index is 421. The lowest BCUT2D eigenvalue weighted by Gasteiger charge is -2.45. The van der Waals surface area contributed by atoms with Crippen LogP contribution < -0.4 is 0 Å². The monoisotopic (exact) mass is 266 g/mol. The van der Waals surface area contributed by atoms with E-state index in [-0.39, 0.29) is 6.10 Å². The van der Waals surface area contributed by atoms with Gasteiger partial charge in [0.1, 0.15) is 24.4 Å². The first-order chi connectivity index (χ1) is 9.16. The van der Waals surface area contributed by atoms with Crippen molar-refractivity contribution in [3.8, 4) is 0 Å². The molecule has 1 aromatic rings. The first kappa shape index (κ1) is 13.0. The van der Waals surface area contributed by atoms with Crippen LogP contribution in [-0.2, 0) is 14.2 Å². The van der Waals surface area contributed by atoms with Crippen molar-refractivity contribution < 1.29 is 24.4 Å². The Morgan fingerprint density at radius 1 is 1.05 bits per heavy atom. The maximum atomic E-state index is 10.1. The van der Waals surface area contributed by atoms with Gasteiger partial charge in [0.15, 0.2) is 6.29 Å². The normalized spacial score (nSPS) is 42.7. The number of benzene rings is 1. The van der Waals surface area contributed by atoms with E-state index in [1.165, 1.54) is 0 Å². The van der Waals surface area contributed by atoms with Crippen molar-refractivity contribution in [2.45, 2.75) is 43.7 Å². The van der Waals surface area contributed by atoms with Gasteiger partial charge in [0, 0.05) is 5.56 Å². The molecule has 2 N–H and O–H groups in total. The third-order valence-corrected chi connectivity index (χ3v) is 3.69. The van der Waals surface area contributed by atoms with E-state index in [9.17, 15) is 10.2 Å². The Kier molecular flexibility index (Phi) is 3.56. The average Bonchev–Trinajstić information content (AvgIpc) is 2.46. The van der Waals surface area contributed by atoms with E-state index in [0.29, 0.717) is 6.61 Å². The topological polar surface area (TPSA) is 68.2 Å². The van der Waals surface area contributed by atoms with Gasteiger partial charge in [0.2, 0.25) is 0 Å². The van der Waals surface area contributed by atoms with E-state index in [1.54, 1.807) is 6.92 Å². The summed E-state index contributed by atoms with van der Waals surface area (Å²) in [7, 11) is 0. The first-order valence-electron chi connectivity index (χ1n) is 6.50. The molecule has 0 bridgehead atoms. The molecule has 0 radical (unpaired) electrons. The summed E-state index contributed by atoms with van der Waals surface area (Å²) < 4.78 is 17.0. The van der Waals surface area contributed by atoms with Crippen molar-refractivity contribution in [1.29, 1.82) is 0 Å². The molecule has 5 heteroatoms. The molecule has 2 aliphatic heterocycles. The van der Waals surface area contributed by atoms with Gasteiger partial charge >= 0.3 is 0 Å². The molecule has 0 aliphatic carbocycles. The van der Waals surface area contributed by atoms with E-state index in [4.69, 9.17) is 14.2 Å². The highest BCUT2D eigenvalue weighted by molar-refractivity contribution is 5.16. The molecule has 0 amide bonds. The summed E-state index contributed by atoms with van der Waals surface area (Å²) in [5.41, 5.74) is 0.890. The van der Waals surface area contributed by atoms with Crippen LogP contribution in [0.5, 0.6) is 0 Å². The molecule has 104 valence electrons. The third kappa shape index (κ3) is 2.40. The highest BCUT2D eigenvalue weighted by Gasteiger charge is 2.47. The first-order valence-corrected chi connectivity index (χ1v) is 6.50. The van der Waals surface area contributed by atoms with Crippen LogP contribution in [0.1, 0.15) is 18.8 Å². The lowest BCUT2D eigenvalue weighted by atomic mass is 9.95. The standard InChI is InChI=1S/C14H18O5/c1-8-11(15)12(16)13-10(18-8)7-17-14(19-13)9-5-3-2-4-6-9/h2-6,8,10-16H,7H2,1H3/t8-,10?,11?,12+,13-,14?/m0/s1. The summed E-state index contributed by atoms with van der Waals surface area (Å²) in [4.78, 5) is 0. The van der Waals surface area contributed by atoms with Crippen LogP contribution in [0.2, 0.25) is 0 Å². The van der Waals surface area contributed by atoms with Gasteiger partial charge in [0.25, 0.3) is 0 Å². The lowest BCUT2D eigenvalue weighted by molar-refractivity contribution is -0.326. The van der Waals surface area contributed by atoms with Gasteiger partial charge < -0.3 is 24.4 Å². The van der Waals surface area contributed by atoms with Crippen LogP contribution in [-0.4, -0.2) is 47.3 Å². The fourth-order valence-corrected chi connectivity index (χ4v) is 2.58. The predicted octanol–water partition coefficient (Wildman–Crippen LogP) is 0.610. The lowest BCUT2D eigenvalue weighted by Crippen LogP contribution is -2.60. The van der Waals surface area contributed by atoms with Crippen molar-refractivity contribution >= 4 is 0 Å². The van der Waals surface area contributed by atoms with Crippen molar-refractivity contribution in [3.63, 3.8) is 0 Å². The number of rotatable bonds is 1. The van der Waals surface area contributed by atoms with E-state index < -0.39 is 30.7 Å². The Hall–Kier alpha value is -0.980. The number of aliphatic hydroxyl groups is 2. The van der Waals surface area contributed by atoms with E-state index in [2.05, 4.69) is 0 Å². The van der Waals surface area contributed by atoms with Gasteiger partial charge in [-0.05, 0) is 6.92 Å². The minimum absolute atomic E-state index is 0.339. The molecule has 0 saturated carbocycles. The maximum absolute atomic E-state index is 10.1. The SMILES string of the molecule is C[C@@H]1OC2COC(c3ccccc3)O[C@@H]2[C@H](O)C1O. The molecule has 2 fully saturated rings. The Morgan fingerprint density at radius 2 is 1.79 bits per heavy atom. The predicted molar refractivity (Wildman–Crippen MR) is 66.4 cm³/mol. The second-order valence-corrected chi connectivity index (χ2v) is 5.04. The largest absolute Gasteiger partial charge is 0.388 e. The summed E-state index contributed by atoms with van der Waals surface area (Å²) in [5.74, 6) is 0. The van der Waals surface area contributed by atoms with Crippen LogP contribution in [0, 0.1) is 0 Å². The minimum Gasteiger partial charge on any atom is -0.388 e. The van der Waals surface area contributed by atoms with E-state index in [1.807, 2.05) is 30.3 Å². The number of hydrogen-bond acceptors (Lipinski definition) is 5. The van der Waals surface area contributed by atoms with Crippen LogP contribution >= 0.6 is 0 Å². The zero-order chi connectivity index (χ0) is 13.4. The fraction of sp³-hybridized carbons (Fsp3) is 0.571. The summed E-state index contributed by atoms with van der Waals surface area (Å²) in [6, 6.07) is 9.52. The van der Waals surface area contributed by atoms with Crippen LogP contribution in [0.15, 0.2) is 30.3 Å². The molecule has 0 aromatic heterocycles. The molecule has 6 atom stereocenters. The van der Waals surface area contributed by atoms with E-state index in [0.717, 1.165) is 5.56 Å². The molecule has 3 unspecified atom stereocenters. The van der Waals surface area contributed by atoms with Crippen LogP contribution in [0.4, 0.5) is 0 Å². The summed E-state index contributed by atoms with van der Waals surface area (Å²) >= 11 is 0. The second-order valence-electron chi connectivity index (χ2n) is 5.04. The van der Waals surface area contributed by atoms with Crippen molar-refractivity contribution in [3.05, 3.63) is 35.9 Å². The zero-order valence-corrected chi connectivity index (χ0v) is 10.7. The van der Waals surface area contributed by atoms with Gasteiger partial charge in [-0.2, -0.15) is 0 Å². The highest BCUT2D eigenvalue weighted by Crippen LogP contribution is 2.33. The Labute approximate surface area is 111 Å². The number of ether oxygens (including phenoxy) is 3. The molecular weight excluding hydrogens is 248 g/mol. The van der Waals surface area contributed by atoms with E-state index >= 15 is 0 Å². The Balaban J connectivity index is 1.75. The number of hydrogen-bond donors (Lipinski definition) is 2. The molecule has 19 heavy (non-hydrogen) atoms. The van der Waals surface area contributed by atoms with Gasteiger partial charge in [-0.1, -0.05) is 30.3 Å². The Morgan fingerprint density at radius 3 is 2.53 bits per heavy atom. The van der Waals surface area contributed by atoms with Crippen molar-refractivity contribution in [2.24, 2.45) is 0 Å². The quantitative estimate of drug-likeness (QED) is 0.779. The molecule has 2 aliphatic rings. The second kappa shape index (κ2) is 5.19. The molecule has 2 saturated heterocycles. The minimum atomic E-state index is -0.955. The van der Waals surface area contributed by atoms with Crippen LogP contribution in [0.3, 0.4) is 0 Å². The molecular formula is C14H18O5. The van der Waals surface area contributed by atoms with Gasteiger partial charge in [-0.3, -0.25) is 0 Å².